The summed E-state index contributed by atoms with van der Waals surface area (Å²) in [5, 5.41) is 9.18. The number of carbonyl (C=O) groups excluding carboxylic acids is 2. The maximum absolute atomic E-state index is 14.1. The van der Waals surface area contributed by atoms with E-state index in [1.54, 1.807) is 60.7 Å². The zero-order valence-corrected chi connectivity index (χ0v) is 21.4. The molecule has 1 aliphatic heterocycles. The van der Waals surface area contributed by atoms with E-state index in [0.717, 1.165) is 5.56 Å². The Morgan fingerprint density at radius 3 is 2.11 bits per heavy atom. The van der Waals surface area contributed by atoms with Crippen molar-refractivity contribution >= 4 is 27.3 Å². The third kappa shape index (κ3) is 4.51. The summed E-state index contributed by atoms with van der Waals surface area (Å²) in [5.74, 6) is -1.33. The maximum atomic E-state index is 14.1. The number of nitrogens with zero attached hydrogens (tertiary/aromatic N) is 2. The molecule has 0 bridgehead atoms. The molecule has 188 valence electrons. The first-order chi connectivity index (χ1) is 18.3. The maximum Gasteiger partial charge on any atom is 0.265 e. The van der Waals surface area contributed by atoms with Crippen LogP contribution < -0.4 is 4.31 Å². The summed E-state index contributed by atoms with van der Waals surface area (Å²) >= 11 is 0. The fourth-order valence-electron chi connectivity index (χ4n) is 4.92. The quantitative estimate of drug-likeness (QED) is 0.292. The fourth-order valence-corrected chi connectivity index (χ4v) is 6.59. The van der Waals surface area contributed by atoms with Gasteiger partial charge in [0.2, 0.25) is 0 Å². The van der Waals surface area contributed by atoms with Crippen molar-refractivity contribution in [2.45, 2.75) is 30.2 Å². The Morgan fingerprint density at radius 1 is 0.816 bits per heavy atom. The summed E-state index contributed by atoms with van der Waals surface area (Å²) in [6.07, 6.45) is -0.0480. The van der Waals surface area contributed by atoms with E-state index in [4.69, 9.17) is 0 Å². The summed E-state index contributed by atoms with van der Waals surface area (Å²) in [6.45, 7) is 1.87. The van der Waals surface area contributed by atoms with Gasteiger partial charge in [-0.1, -0.05) is 78.4 Å². The summed E-state index contributed by atoms with van der Waals surface area (Å²) in [5.41, 5.74) is 3.06. The minimum absolute atomic E-state index is 0.0480. The molecule has 0 saturated carbocycles. The van der Waals surface area contributed by atoms with Crippen LogP contribution >= 0.6 is 0 Å². The Kier molecular flexibility index (Phi) is 6.66. The average molecular weight is 521 g/mol. The zero-order chi connectivity index (χ0) is 26.9. The second kappa shape index (κ2) is 10.1. The van der Waals surface area contributed by atoms with E-state index in [2.05, 4.69) is 0 Å². The van der Waals surface area contributed by atoms with Gasteiger partial charge in [0.05, 0.1) is 22.2 Å². The summed E-state index contributed by atoms with van der Waals surface area (Å²) in [6, 6.07) is 29.1. The van der Waals surface area contributed by atoms with Crippen molar-refractivity contribution in [3.63, 3.8) is 0 Å². The van der Waals surface area contributed by atoms with Gasteiger partial charge in [0.25, 0.3) is 10.0 Å². The molecule has 0 unspecified atom stereocenters. The largest absolute Gasteiger partial charge is 0.294 e. The molecule has 1 aliphatic rings. The normalized spacial score (nSPS) is 16.5. The number of hydrogen-bond acceptors (Lipinski definition) is 5. The van der Waals surface area contributed by atoms with E-state index in [1.807, 2.05) is 19.1 Å². The Hall–Kier alpha value is -4.54. The lowest BCUT2D eigenvalue weighted by Gasteiger charge is -2.29. The lowest BCUT2D eigenvalue weighted by atomic mass is 9.85. The second-order valence-electron chi connectivity index (χ2n) is 9.27. The molecule has 0 radical (unpaired) electrons. The molecule has 0 N–H and O–H groups in total. The smallest absolute Gasteiger partial charge is 0.265 e. The molecule has 0 fully saturated rings. The number of Topliss-reactive ketones (excluding diaryl/α,β-unsaturated/α-hetero) is 2. The molecular formula is C31H24N2O4S. The first-order valence-electron chi connectivity index (χ1n) is 12.1. The van der Waals surface area contributed by atoms with Crippen molar-refractivity contribution in [3.05, 3.63) is 131 Å². The number of rotatable bonds is 7. The van der Waals surface area contributed by atoms with Gasteiger partial charge >= 0.3 is 0 Å². The molecule has 0 aromatic heterocycles. The lowest BCUT2D eigenvalue weighted by molar-refractivity contribution is 0.0930. The number of anilines is 1. The van der Waals surface area contributed by atoms with Crippen molar-refractivity contribution in [3.8, 4) is 6.07 Å². The molecule has 4 aromatic carbocycles. The predicted octanol–water partition coefficient (Wildman–Crippen LogP) is 5.68. The van der Waals surface area contributed by atoms with Crippen LogP contribution in [0.25, 0.3) is 0 Å². The monoisotopic (exact) mass is 520 g/mol. The molecular weight excluding hydrogens is 496 g/mol. The van der Waals surface area contributed by atoms with Gasteiger partial charge in [-0.05, 0) is 42.8 Å². The fraction of sp³-hybridized carbons (Fsp3) is 0.129. The molecule has 5 rings (SSSR count). The van der Waals surface area contributed by atoms with Gasteiger partial charge < -0.3 is 0 Å². The standard InChI is InChI=1S/C31H24N2O4S/c1-21-11-17-25(18-12-21)38(36,37)33-28-10-6-5-9-26(28)27(19-29(34)23-7-3-2-4-8-23)30(33)31(35)24-15-13-22(20-32)14-16-24/h2-18,27,30H,19H2,1H3/t27-,30+/m1/s1. The average Bonchev–Trinajstić information content (AvgIpc) is 3.28. The lowest BCUT2D eigenvalue weighted by Crippen LogP contribution is -2.45. The highest BCUT2D eigenvalue weighted by Crippen LogP contribution is 2.47. The van der Waals surface area contributed by atoms with Crippen LogP contribution in [0.4, 0.5) is 5.69 Å². The molecule has 2 atom stereocenters. The van der Waals surface area contributed by atoms with Gasteiger partial charge in [0.15, 0.2) is 11.6 Å². The van der Waals surface area contributed by atoms with Crippen LogP contribution in [-0.4, -0.2) is 26.0 Å². The van der Waals surface area contributed by atoms with E-state index >= 15 is 0 Å². The minimum Gasteiger partial charge on any atom is -0.294 e. The third-order valence-electron chi connectivity index (χ3n) is 6.85. The van der Waals surface area contributed by atoms with Gasteiger partial charge in [0.1, 0.15) is 6.04 Å². The third-order valence-corrected chi connectivity index (χ3v) is 8.66. The van der Waals surface area contributed by atoms with Crippen LogP contribution in [0.5, 0.6) is 0 Å². The van der Waals surface area contributed by atoms with E-state index in [-0.39, 0.29) is 22.7 Å². The molecule has 6 nitrogen and oxygen atoms in total. The van der Waals surface area contributed by atoms with E-state index in [1.165, 1.54) is 40.7 Å². The number of ketones is 2. The SMILES string of the molecule is Cc1ccc(S(=O)(=O)N2c3ccccc3[C@@H](CC(=O)c3ccccc3)[C@H]2C(=O)c2ccc(C#N)cc2)cc1. The van der Waals surface area contributed by atoms with Crippen LogP contribution in [-0.2, 0) is 10.0 Å². The Bertz CT molecular complexity index is 1660. The van der Waals surface area contributed by atoms with Crippen molar-refractivity contribution in [1.29, 1.82) is 5.26 Å². The van der Waals surface area contributed by atoms with E-state index in [9.17, 15) is 23.3 Å². The zero-order valence-electron chi connectivity index (χ0n) is 20.6. The number of aryl methyl sites for hydroxylation is 1. The van der Waals surface area contributed by atoms with Crippen LogP contribution in [0, 0.1) is 18.3 Å². The van der Waals surface area contributed by atoms with Crippen molar-refractivity contribution < 1.29 is 18.0 Å². The van der Waals surface area contributed by atoms with Gasteiger partial charge in [-0.15, -0.1) is 0 Å². The molecule has 4 aromatic rings. The van der Waals surface area contributed by atoms with Gasteiger partial charge in [0, 0.05) is 23.5 Å². The molecule has 0 aliphatic carbocycles. The first-order valence-corrected chi connectivity index (χ1v) is 13.6. The van der Waals surface area contributed by atoms with E-state index in [0.29, 0.717) is 22.4 Å². The highest BCUT2D eigenvalue weighted by molar-refractivity contribution is 7.93. The number of benzene rings is 4. The summed E-state index contributed by atoms with van der Waals surface area (Å²) in [4.78, 5) is 27.5. The molecule has 0 spiro atoms. The number of para-hydroxylation sites is 1. The van der Waals surface area contributed by atoms with Gasteiger partial charge in [-0.2, -0.15) is 5.26 Å². The highest BCUT2D eigenvalue weighted by atomic mass is 32.2. The molecule has 0 amide bonds. The van der Waals surface area contributed by atoms with Gasteiger partial charge in [-0.3, -0.25) is 13.9 Å². The summed E-state index contributed by atoms with van der Waals surface area (Å²) in [7, 11) is -4.17. The van der Waals surface area contributed by atoms with Crippen LogP contribution in [0.3, 0.4) is 0 Å². The molecule has 38 heavy (non-hydrogen) atoms. The summed E-state index contributed by atoms with van der Waals surface area (Å²) < 4.78 is 29.4. The number of hydrogen-bond donors (Lipinski definition) is 0. The second-order valence-corrected chi connectivity index (χ2v) is 11.1. The van der Waals surface area contributed by atoms with Crippen molar-refractivity contribution in [2.24, 2.45) is 0 Å². The minimum atomic E-state index is -4.17. The number of fused-ring (bicyclic) bond motifs is 1. The molecule has 0 saturated heterocycles. The highest BCUT2D eigenvalue weighted by Gasteiger charge is 2.49. The number of sulfonamides is 1. The number of nitriles is 1. The van der Waals surface area contributed by atoms with Crippen LogP contribution in [0.2, 0.25) is 0 Å². The first kappa shape index (κ1) is 25.1. The van der Waals surface area contributed by atoms with Crippen molar-refractivity contribution in [1.82, 2.24) is 0 Å². The Balaban J connectivity index is 1.66. The van der Waals surface area contributed by atoms with Crippen molar-refractivity contribution in [2.75, 3.05) is 4.31 Å². The van der Waals surface area contributed by atoms with Gasteiger partial charge in [-0.25, -0.2) is 8.42 Å². The predicted molar refractivity (Wildman–Crippen MR) is 145 cm³/mol. The Labute approximate surface area is 221 Å². The van der Waals surface area contributed by atoms with Crippen LogP contribution in [0.15, 0.2) is 108 Å². The molecule has 7 heteroatoms. The molecule has 1 heterocycles. The Morgan fingerprint density at radius 2 is 1.45 bits per heavy atom. The van der Waals surface area contributed by atoms with Crippen LogP contribution in [0.1, 0.15) is 49.7 Å². The number of carbonyl (C=O) groups is 2. The topological polar surface area (TPSA) is 95.3 Å². The van der Waals surface area contributed by atoms with E-state index < -0.39 is 27.8 Å².